The number of aromatic nitrogens is 2. The fraction of sp³-hybridized carbons (Fsp3) is 0.0968. The van der Waals surface area contributed by atoms with Crippen molar-refractivity contribution >= 4 is 5.97 Å². The molecule has 0 radical (unpaired) electrons. The summed E-state index contributed by atoms with van der Waals surface area (Å²) in [7, 11) is 0. The Balaban J connectivity index is 1.48. The molecule has 5 rings (SSSR count). The van der Waals surface area contributed by atoms with E-state index in [0.29, 0.717) is 6.54 Å². The topological polar surface area (TPSA) is 44.1 Å². The van der Waals surface area contributed by atoms with Gasteiger partial charge in [0.2, 0.25) is 0 Å². The van der Waals surface area contributed by atoms with Gasteiger partial charge in [-0.2, -0.15) is 5.10 Å². The molecule has 0 N–H and O–H groups in total. The van der Waals surface area contributed by atoms with Crippen LogP contribution in [-0.2, 0) is 22.5 Å². The first-order valence-electron chi connectivity index (χ1n) is 11.7. The highest BCUT2D eigenvalue weighted by atomic mass is 16.5. The van der Waals surface area contributed by atoms with Gasteiger partial charge >= 0.3 is 5.97 Å². The maximum absolute atomic E-state index is 12.9. The number of carbonyl (C=O) groups excluding carboxylic acids is 1. The van der Waals surface area contributed by atoms with Crippen molar-refractivity contribution in [2.45, 2.75) is 19.1 Å². The van der Waals surface area contributed by atoms with Gasteiger partial charge in [-0.15, -0.1) is 0 Å². The van der Waals surface area contributed by atoms with Crippen molar-refractivity contribution in [3.63, 3.8) is 0 Å². The largest absolute Gasteiger partial charge is 0.455 e. The molecule has 1 heterocycles. The van der Waals surface area contributed by atoms with Crippen LogP contribution in [0.25, 0.3) is 22.5 Å². The third-order valence-corrected chi connectivity index (χ3v) is 5.89. The minimum absolute atomic E-state index is 0.226. The lowest BCUT2D eigenvalue weighted by Crippen LogP contribution is -2.19. The van der Waals surface area contributed by atoms with Crippen LogP contribution in [0.1, 0.15) is 17.2 Å². The van der Waals surface area contributed by atoms with Gasteiger partial charge in [-0.25, -0.2) is 0 Å². The predicted octanol–water partition coefficient (Wildman–Crippen LogP) is 6.74. The van der Waals surface area contributed by atoms with Crippen molar-refractivity contribution in [1.82, 2.24) is 9.78 Å². The van der Waals surface area contributed by atoms with Gasteiger partial charge in [0.1, 0.15) is 6.10 Å². The molecule has 0 amide bonds. The molecule has 0 aliphatic rings. The Hall–Kier alpha value is -4.44. The first-order chi connectivity index (χ1) is 17.3. The summed E-state index contributed by atoms with van der Waals surface area (Å²) in [6.45, 7) is 0.404. The average molecular weight is 459 g/mol. The SMILES string of the molecule is O=C(Cc1ccccc1)OC(Cn1nc(-c2ccccc2)cc1-c1ccccc1)c1ccccc1. The van der Waals surface area contributed by atoms with Gasteiger partial charge in [0.05, 0.1) is 24.4 Å². The van der Waals surface area contributed by atoms with E-state index < -0.39 is 6.10 Å². The number of carbonyl (C=O) groups is 1. The van der Waals surface area contributed by atoms with Gasteiger partial charge in [-0.3, -0.25) is 9.48 Å². The maximum atomic E-state index is 12.9. The van der Waals surface area contributed by atoms with E-state index in [4.69, 9.17) is 9.84 Å². The molecular formula is C31H26N2O2. The van der Waals surface area contributed by atoms with Crippen LogP contribution in [0.4, 0.5) is 0 Å². The van der Waals surface area contributed by atoms with Gasteiger partial charge in [0.15, 0.2) is 0 Å². The molecule has 4 heteroatoms. The standard InChI is InChI=1S/C31H26N2O2/c34-31(21-24-13-5-1-6-14-24)35-30(27-19-11-4-12-20-27)23-33-29(26-17-9-3-10-18-26)22-28(32-33)25-15-7-2-8-16-25/h1-20,22,30H,21,23H2. The average Bonchev–Trinajstić information content (AvgIpc) is 3.34. The first kappa shape index (κ1) is 22.4. The van der Waals surface area contributed by atoms with E-state index >= 15 is 0 Å². The van der Waals surface area contributed by atoms with Gasteiger partial charge in [0.25, 0.3) is 0 Å². The Morgan fingerprint density at radius 3 is 1.89 bits per heavy atom. The van der Waals surface area contributed by atoms with Gasteiger partial charge in [-0.1, -0.05) is 121 Å². The van der Waals surface area contributed by atoms with Crippen molar-refractivity contribution < 1.29 is 9.53 Å². The lowest BCUT2D eigenvalue weighted by Gasteiger charge is -2.20. The molecule has 4 nitrogen and oxygen atoms in total. The third-order valence-electron chi connectivity index (χ3n) is 5.89. The highest BCUT2D eigenvalue weighted by Gasteiger charge is 2.21. The third kappa shape index (κ3) is 5.56. The van der Waals surface area contributed by atoms with Crippen LogP contribution in [0.3, 0.4) is 0 Å². The van der Waals surface area contributed by atoms with E-state index in [2.05, 4.69) is 30.3 Å². The van der Waals surface area contributed by atoms with Gasteiger partial charge in [-0.05, 0) is 22.8 Å². The molecule has 0 aliphatic heterocycles. The van der Waals surface area contributed by atoms with E-state index in [1.54, 1.807) is 0 Å². The van der Waals surface area contributed by atoms with Crippen LogP contribution in [0.5, 0.6) is 0 Å². The first-order valence-corrected chi connectivity index (χ1v) is 11.7. The van der Waals surface area contributed by atoms with Crippen LogP contribution in [0.15, 0.2) is 127 Å². The highest BCUT2D eigenvalue weighted by molar-refractivity contribution is 5.73. The molecule has 35 heavy (non-hydrogen) atoms. The summed E-state index contributed by atoms with van der Waals surface area (Å²) in [5.41, 5.74) is 5.83. The van der Waals surface area contributed by atoms with Crippen molar-refractivity contribution in [2.24, 2.45) is 0 Å². The second kappa shape index (κ2) is 10.7. The summed E-state index contributed by atoms with van der Waals surface area (Å²) in [6, 6.07) is 41.9. The van der Waals surface area contributed by atoms with E-state index in [1.807, 2.05) is 102 Å². The maximum Gasteiger partial charge on any atom is 0.310 e. The van der Waals surface area contributed by atoms with Crippen molar-refractivity contribution in [2.75, 3.05) is 0 Å². The van der Waals surface area contributed by atoms with Crippen LogP contribution in [0, 0.1) is 0 Å². The summed E-state index contributed by atoms with van der Waals surface area (Å²) < 4.78 is 8.00. The lowest BCUT2D eigenvalue weighted by molar-refractivity contribution is -0.149. The van der Waals surface area contributed by atoms with Crippen molar-refractivity contribution in [3.8, 4) is 22.5 Å². The summed E-state index contributed by atoms with van der Waals surface area (Å²) in [4.78, 5) is 12.9. The summed E-state index contributed by atoms with van der Waals surface area (Å²) in [5.74, 6) is -0.262. The number of hydrogen-bond acceptors (Lipinski definition) is 3. The molecule has 1 unspecified atom stereocenters. The number of hydrogen-bond donors (Lipinski definition) is 0. The molecule has 0 saturated carbocycles. The summed E-state index contributed by atoms with van der Waals surface area (Å²) >= 11 is 0. The molecule has 0 saturated heterocycles. The number of rotatable bonds is 8. The Bertz CT molecular complexity index is 1370. The molecule has 1 atom stereocenters. The van der Waals surface area contributed by atoms with E-state index in [9.17, 15) is 4.79 Å². The van der Waals surface area contributed by atoms with Crippen LogP contribution in [0.2, 0.25) is 0 Å². The number of esters is 1. The van der Waals surface area contributed by atoms with E-state index in [-0.39, 0.29) is 12.4 Å². The second-order valence-corrected chi connectivity index (χ2v) is 8.38. The molecule has 0 aliphatic carbocycles. The minimum atomic E-state index is -0.474. The molecular weight excluding hydrogens is 432 g/mol. The molecule has 1 aromatic heterocycles. The van der Waals surface area contributed by atoms with E-state index in [0.717, 1.165) is 33.6 Å². The van der Waals surface area contributed by atoms with Gasteiger partial charge < -0.3 is 4.74 Å². The smallest absolute Gasteiger partial charge is 0.310 e. The molecule has 5 aromatic rings. The Kier molecular flexibility index (Phi) is 6.81. The normalized spacial score (nSPS) is 11.7. The number of nitrogens with zero attached hydrogens (tertiary/aromatic N) is 2. The fourth-order valence-corrected chi connectivity index (χ4v) is 4.15. The van der Waals surface area contributed by atoms with Crippen LogP contribution < -0.4 is 0 Å². The molecule has 172 valence electrons. The zero-order valence-corrected chi connectivity index (χ0v) is 19.3. The monoisotopic (exact) mass is 458 g/mol. The van der Waals surface area contributed by atoms with E-state index in [1.165, 1.54) is 0 Å². The second-order valence-electron chi connectivity index (χ2n) is 8.38. The van der Waals surface area contributed by atoms with Crippen molar-refractivity contribution in [1.29, 1.82) is 0 Å². The zero-order chi connectivity index (χ0) is 23.9. The zero-order valence-electron chi connectivity index (χ0n) is 19.3. The Morgan fingerprint density at radius 2 is 1.26 bits per heavy atom. The summed E-state index contributed by atoms with van der Waals surface area (Å²) in [6.07, 6.45) is -0.247. The van der Waals surface area contributed by atoms with Crippen LogP contribution in [-0.4, -0.2) is 15.7 Å². The summed E-state index contributed by atoms with van der Waals surface area (Å²) in [5, 5.41) is 4.94. The molecule has 4 aromatic carbocycles. The predicted molar refractivity (Wildman–Crippen MR) is 139 cm³/mol. The van der Waals surface area contributed by atoms with Crippen molar-refractivity contribution in [3.05, 3.63) is 139 Å². The lowest BCUT2D eigenvalue weighted by atomic mass is 10.1. The van der Waals surface area contributed by atoms with Crippen LogP contribution >= 0.6 is 0 Å². The minimum Gasteiger partial charge on any atom is -0.455 e. The quantitative estimate of drug-likeness (QED) is 0.242. The van der Waals surface area contributed by atoms with Gasteiger partial charge in [0, 0.05) is 5.56 Å². The number of benzene rings is 4. The Labute approximate surface area is 205 Å². The number of ether oxygens (including phenoxy) is 1. The molecule has 0 bridgehead atoms. The fourth-order valence-electron chi connectivity index (χ4n) is 4.15. The highest BCUT2D eigenvalue weighted by Crippen LogP contribution is 2.29. The molecule has 0 fully saturated rings. The Morgan fingerprint density at radius 1 is 0.714 bits per heavy atom. The molecule has 0 spiro atoms.